The number of aromatic nitrogens is 3. The maximum atomic E-state index is 12.8. The van der Waals surface area contributed by atoms with Crippen molar-refractivity contribution in [1.29, 1.82) is 0 Å². The number of nitrogens with zero attached hydrogens (tertiary/aromatic N) is 3. The molecule has 0 aliphatic carbocycles. The van der Waals surface area contributed by atoms with Crippen LogP contribution in [0, 0.1) is 6.92 Å². The number of carbonyl (C=O) groups is 1. The number of benzene rings is 1. The molecule has 7 heteroatoms. The summed E-state index contributed by atoms with van der Waals surface area (Å²) in [6.45, 7) is 3.59. The van der Waals surface area contributed by atoms with Gasteiger partial charge in [-0.25, -0.2) is 0 Å². The van der Waals surface area contributed by atoms with Crippen molar-refractivity contribution in [2.45, 2.75) is 19.9 Å². The molecule has 0 aliphatic heterocycles. The van der Waals surface area contributed by atoms with Gasteiger partial charge in [0.25, 0.3) is 5.91 Å². The zero-order chi connectivity index (χ0) is 17.8. The highest BCUT2D eigenvalue weighted by atomic mass is 16.5. The molecule has 1 N–H and O–H groups in total. The summed E-state index contributed by atoms with van der Waals surface area (Å²) in [5, 5.41) is 10.8. The van der Waals surface area contributed by atoms with Gasteiger partial charge in [0.15, 0.2) is 0 Å². The van der Waals surface area contributed by atoms with Crippen LogP contribution in [0.2, 0.25) is 0 Å². The van der Waals surface area contributed by atoms with Crippen molar-refractivity contribution in [2.24, 2.45) is 0 Å². The van der Waals surface area contributed by atoms with Crippen LogP contribution in [0.5, 0.6) is 5.75 Å². The average Bonchev–Trinajstić information content (AvgIpc) is 3.07. The van der Waals surface area contributed by atoms with Crippen LogP contribution in [0.1, 0.15) is 34.8 Å². The Morgan fingerprint density at radius 3 is 2.76 bits per heavy atom. The Balaban J connectivity index is 1.87. The third-order valence-corrected chi connectivity index (χ3v) is 3.78. The lowest BCUT2D eigenvalue weighted by molar-refractivity contribution is 0.0940. The Labute approximate surface area is 145 Å². The molecule has 2 heterocycles. The minimum atomic E-state index is -0.261. The number of carbonyl (C=O) groups excluding carboxylic acids is 1. The quantitative estimate of drug-likeness (QED) is 0.769. The summed E-state index contributed by atoms with van der Waals surface area (Å²) in [4.78, 5) is 16.8. The first-order valence-electron chi connectivity index (χ1n) is 7.78. The van der Waals surface area contributed by atoms with Gasteiger partial charge in [-0.05, 0) is 25.1 Å². The fourth-order valence-electron chi connectivity index (χ4n) is 2.54. The molecular formula is C18H18N4O3. The Hall–Kier alpha value is -3.22. The van der Waals surface area contributed by atoms with E-state index in [-0.39, 0.29) is 11.9 Å². The van der Waals surface area contributed by atoms with Crippen LogP contribution in [0.4, 0.5) is 0 Å². The van der Waals surface area contributed by atoms with E-state index in [4.69, 9.17) is 9.15 Å². The number of ether oxygens (including phenoxy) is 1. The number of amides is 1. The maximum absolute atomic E-state index is 12.8. The molecule has 1 aromatic carbocycles. The van der Waals surface area contributed by atoms with E-state index >= 15 is 0 Å². The zero-order valence-electron chi connectivity index (χ0n) is 14.2. The van der Waals surface area contributed by atoms with E-state index in [0.29, 0.717) is 28.7 Å². The smallest absolute Gasteiger partial charge is 0.252 e. The van der Waals surface area contributed by atoms with Crippen LogP contribution in [0.25, 0.3) is 11.5 Å². The molecule has 0 saturated carbocycles. The molecule has 3 rings (SSSR count). The van der Waals surface area contributed by atoms with Gasteiger partial charge in [0.2, 0.25) is 11.8 Å². The van der Waals surface area contributed by atoms with E-state index in [1.165, 1.54) is 0 Å². The SMILES string of the molecule is COc1cnccc1C(C)NC(=O)c1ccccc1-c1nnc(C)o1. The van der Waals surface area contributed by atoms with Crippen molar-refractivity contribution in [3.63, 3.8) is 0 Å². The Kier molecular flexibility index (Phi) is 4.74. The van der Waals surface area contributed by atoms with E-state index in [0.717, 1.165) is 5.56 Å². The van der Waals surface area contributed by atoms with Crippen molar-refractivity contribution in [2.75, 3.05) is 7.11 Å². The summed E-state index contributed by atoms with van der Waals surface area (Å²) in [5.41, 5.74) is 1.90. The molecule has 128 valence electrons. The second kappa shape index (κ2) is 7.12. The predicted molar refractivity (Wildman–Crippen MR) is 91.1 cm³/mol. The van der Waals surface area contributed by atoms with Crippen LogP contribution in [-0.4, -0.2) is 28.2 Å². The minimum Gasteiger partial charge on any atom is -0.495 e. The molecule has 25 heavy (non-hydrogen) atoms. The fourth-order valence-corrected chi connectivity index (χ4v) is 2.54. The molecule has 0 aliphatic rings. The Bertz CT molecular complexity index is 891. The third kappa shape index (κ3) is 3.50. The number of rotatable bonds is 5. The average molecular weight is 338 g/mol. The van der Waals surface area contributed by atoms with Crippen molar-refractivity contribution >= 4 is 5.91 Å². The van der Waals surface area contributed by atoms with Gasteiger partial charge in [-0.1, -0.05) is 12.1 Å². The van der Waals surface area contributed by atoms with Gasteiger partial charge in [0.1, 0.15) is 5.75 Å². The highest BCUT2D eigenvalue weighted by Crippen LogP contribution is 2.26. The molecule has 1 unspecified atom stereocenters. The lowest BCUT2D eigenvalue weighted by Crippen LogP contribution is -2.27. The summed E-state index contributed by atoms with van der Waals surface area (Å²) in [6, 6.07) is 8.67. The van der Waals surface area contributed by atoms with Gasteiger partial charge in [0, 0.05) is 18.7 Å². The molecule has 1 amide bonds. The standard InChI is InChI=1S/C18H18N4O3/c1-11(13-8-9-19-10-16(13)24-3)20-17(23)14-6-4-5-7-15(14)18-22-21-12(2)25-18/h4-11H,1-3H3,(H,20,23). The van der Waals surface area contributed by atoms with Gasteiger partial charge < -0.3 is 14.5 Å². The van der Waals surface area contributed by atoms with Crippen molar-refractivity contribution < 1.29 is 13.9 Å². The molecule has 0 radical (unpaired) electrons. The molecule has 3 aromatic rings. The number of methoxy groups -OCH3 is 1. The summed E-state index contributed by atoms with van der Waals surface area (Å²) in [7, 11) is 1.57. The summed E-state index contributed by atoms with van der Waals surface area (Å²) in [6.07, 6.45) is 3.28. The van der Waals surface area contributed by atoms with Gasteiger partial charge in [0.05, 0.1) is 30.5 Å². The van der Waals surface area contributed by atoms with Crippen LogP contribution in [0.15, 0.2) is 47.1 Å². The van der Waals surface area contributed by atoms with Crippen molar-refractivity contribution in [3.05, 3.63) is 59.7 Å². The van der Waals surface area contributed by atoms with E-state index in [9.17, 15) is 4.79 Å². The van der Waals surface area contributed by atoms with E-state index in [1.807, 2.05) is 19.1 Å². The molecule has 0 bridgehead atoms. The van der Waals surface area contributed by atoms with Crippen LogP contribution in [0.3, 0.4) is 0 Å². The van der Waals surface area contributed by atoms with E-state index < -0.39 is 0 Å². The predicted octanol–water partition coefficient (Wildman–Crippen LogP) is 2.94. The highest BCUT2D eigenvalue weighted by Gasteiger charge is 2.19. The fraction of sp³-hybridized carbons (Fsp3) is 0.222. The largest absolute Gasteiger partial charge is 0.495 e. The van der Waals surface area contributed by atoms with Crippen molar-refractivity contribution in [3.8, 4) is 17.2 Å². The zero-order valence-corrected chi connectivity index (χ0v) is 14.2. The van der Waals surface area contributed by atoms with Crippen LogP contribution < -0.4 is 10.1 Å². The van der Waals surface area contributed by atoms with Gasteiger partial charge in [-0.2, -0.15) is 0 Å². The Morgan fingerprint density at radius 1 is 1.24 bits per heavy atom. The number of hydrogen-bond donors (Lipinski definition) is 1. The van der Waals surface area contributed by atoms with Gasteiger partial charge >= 0.3 is 0 Å². The molecule has 0 saturated heterocycles. The topological polar surface area (TPSA) is 90.1 Å². The number of pyridine rings is 1. The van der Waals surface area contributed by atoms with Gasteiger partial charge in [-0.3, -0.25) is 9.78 Å². The van der Waals surface area contributed by atoms with Crippen molar-refractivity contribution in [1.82, 2.24) is 20.5 Å². The number of aryl methyl sites for hydroxylation is 1. The second-order valence-electron chi connectivity index (χ2n) is 5.48. The summed E-state index contributed by atoms with van der Waals surface area (Å²) in [5.74, 6) is 1.14. The lowest BCUT2D eigenvalue weighted by atomic mass is 10.0. The molecule has 2 aromatic heterocycles. The number of nitrogens with one attached hydrogen (secondary N) is 1. The third-order valence-electron chi connectivity index (χ3n) is 3.78. The number of hydrogen-bond acceptors (Lipinski definition) is 6. The van der Waals surface area contributed by atoms with E-state index in [2.05, 4.69) is 20.5 Å². The minimum absolute atomic E-state index is 0.238. The first-order chi connectivity index (χ1) is 12.1. The molecular weight excluding hydrogens is 320 g/mol. The normalized spacial score (nSPS) is 11.8. The molecule has 0 spiro atoms. The van der Waals surface area contributed by atoms with Gasteiger partial charge in [-0.15, -0.1) is 10.2 Å². The Morgan fingerprint density at radius 2 is 2.04 bits per heavy atom. The summed E-state index contributed by atoms with van der Waals surface area (Å²) >= 11 is 0. The molecule has 7 nitrogen and oxygen atoms in total. The first-order valence-corrected chi connectivity index (χ1v) is 7.78. The van der Waals surface area contributed by atoms with Crippen LogP contribution >= 0.6 is 0 Å². The first kappa shape index (κ1) is 16.6. The molecule has 1 atom stereocenters. The summed E-state index contributed by atoms with van der Waals surface area (Å²) < 4.78 is 10.8. The maximum Gasteiger partial charge on any atom is 0.252 e. The van der Waals surface area contributed by atoms with Crippen LogP contribution in [-0.2, 0) is 0 Å². The second-order valence-corrected chi connectivity index (χ2v) is 5.48. The monoisotopic (exact) mass is 338 g/mol. The lowest BCUT2D eigenvalue weighted by Gasteiger charge is -2.17. The highest BCUT2D eigenvalue weighted by molar-refractivity contribution is 6.00. The van der Waals surface area contributed by atoms with E-state index in [1.54, 1.807) is 44.6 Å². The molecule has 0 fully saturated rings.